The summed E-state index contributed by atoms with van der Waals surface area (Å²) in [4.78, 5) is 58.3. The van der Waals surface area contributed by atoms with Crippen LogP contribution in [0.25, 0.3) is 0 Å². The summed E-state index contributed by atoms with van der Waals surface area (Å²) in [6, 6.07) is -4.73. The molecule has 9 N–H and O–H groups in total. The predicted molar refractivity (Wildman–Crippen MR) is 102 cm³/mol. The summed E-state index contributed by atoms with van der Waals surface area (Å²) >= 11 is 0. The third-order valence-electron chi connectivity index (χ3n) is 3.92. The summed E-state index contributed by atoms with van der Waals surface area (Å²) in [6.07, 6.45) is -0.0977. The van der Waals surface area contributed by atoms with Crippen LogP contribution in [0.2, 0.25) is 0 Å². The summed E-state index contributed by atoms with van der Waals surface area (Å²) in [5.41, 5.74) is 10.7. The van der Waals surface area contributed by atoms with Gasteiger partial charge in [0.2, 0.25) is 23.6 Å². The first-order chi connectivity index (χ1) is 13.4. The van der Waals surface area contributed by atoms with E-state index in [4.69, 9.17) is 16.6 Å². The molecule has 12 heteroatoms. The van der Waals surface area contributed by atoms with Crippen LogP contribution >= 0.6 is 0 Å². The number of aliphatic hydroxyl groups excluding tert-OH is 1. The molecule has 0 aromatic carbocycles. The van der Waals surface area contributed by atoms with E-state index in [1.165, 1.54) is 6.92 Å². The molecule has 166 valence electrons. The Morgan fingerprint density at radius 3 is 1.90 bits per heavy atom. The molecule has 0 aliphatic carbocycles. The van der Waals surface area contributed by atoms with E-state index in [0.29, 0.717) is 6.42 Å². The number of aliphatic hydroxyl groups is 1. The first kappa shape index (κ1) is 26.3. The fourth-order valence-electron chi connectivity index (χ4n) is 2.31. The zero-order chi connectivity index (χ0) is 22.7. The maximum Gasteiger partial charge on any atom is 0.326 e. The minimum atomic E-state index is -1.46. The number of carbonyl (C=O) groups excluding carboxylic acids is 4. The number of primary amides is 1. The summed E-state index contributed by atoms with van der Waals surface area (Å²) in [7, 11) is 0. The molecule has 0 spiro atoms. The summed E-state index contributed by atoms with van der Waals surface area (Å²) < 4.78 is 0. The van der Waals surface area contributed by atoms with Crippen molar-refractivity contribution in [2.45, 2.75) is 64.2 Å². The first-order valence-electron chi connectivity index (χ1n) is 9.17. The Labute approximate surface area is 168 Å². The third-order valence-corrected chi connectivity index (χ3v) is 3.92. The van der Waals surface area contributed by atoms with Gasteiger partial charge >= 0.3 is 5.97 Å². The van der Waals surface area contributed by atoms with Crippen LogP contribution in [0.1, 0.15) is 40.0 Å². The Balaban J connectivity index is 4.82. The van der Waals surface area contributed by atoms with Crippen molar-refractivity contribution in [3.63, 3.8) is 0 Å². The van der Waals surface area contributed by atoms with Gasteiger partial charge in [-0.3, -0.25) is 19.2 Å². The van der Waals surface area contributed by atoms with Crippen molar-refractivity contribution in [1.82, 2.24) is 16.0 Å². The quantitative estimate of drug-likeness (QED) is 0.165. The van der Waals surface area contributed by atoms with Crippen molar-refractivity contribution >= 4 is 29.6 Å². The fourth-order valence-corrected chi connectivity index (χ4v) is 2.31. The Hall–Kier alpha value is -2.73. The van der Waals surface area contributed by atoms with Gasteiger partial charge in [-0.25, -0.2) is 4.79 Å². The van der Waals surface area contributed by atoms with Crippen LogP contribution < -0.4 is 27.4 Å². The summed E-state index contributed by atoms with van der Waals surface area (Å²) in [6.45, 7) is 4.34. The Morgan fingerprint density at radius 1 is 0.897 bits per heavy atom. The number of aliphatic carboxylic acids is 1. The van der Waals surface area contributed by atoms with E-state index in [0.717, 1.165) is 0 Å². The topological polar surface area (TPSA) is 214 Å². The van der Waals surface area contributed by atoms with E-state index in [2.05, 4.69) is 16.0 Å². The van der Waals surface area contributed by atoms with Gasteiger partial charge in [0, 0.05) is 6.42 Å². The van der Waals surface area contributed by atoms with E-state index in [-0.39, 0.29) is 18.8 Å². The van der Waals surface area contributed by atoms with Gasteiger partial charge < -0.3 is 37.6 Å². The molecule has 4 atom stereocenters. The minimum absolute atomic E-state index is 0.180. The molecule has 0 fully saturated rings. The van der Waals surface area contributed by atoms with Crippen molar-refractivity contribution in [2.75, 3.05) is 6.61 Å². The highest BCUT2D eigenvalue weighted by atomic mass is 16.4. The van der Waals surface area contributed by atoms with Gasteiger partial charge in [0.15, 0.2) is 0 Å². The van der Waals surface area contributed by atoms with Crippen LogP contribution in [0.4, 0.5) is 0 Å². The Kier molecular flexibility index (Phi) is 11.5. The van der Waals surface area contributed by atoms with Gasteiger partial charge in [-0.1, -0.05) is 13.8 Å². The standard InChI is InChI=1S/C17H31N5O7/c1-8(2)6-10(18)15(26)20-9(3)14(25)22-12(7-23)16(27)21-11(17(28)29)4-5-13(19)24/h8-12,23H,4-7,18H2,1-3H3,(H2,19,24)(H,20,26)(H,21,27)(H,22,25)(H,28,29). The lowest BCUT2D eigenvalue weighted by Crippen LogP contribution is -2.57. The summed E-state index contributed by atoms with van der Waals surface area (Å²) in [5.74, 6) is -4.23. The number of nitrogens with two attached hydrogens (primary N) is 2. The van der Waals surface area contributed by atoms with Crippen molar-refractivity contribution in [1.29, 1.82) is 0 Å². The number of hydrogen-bond donors (Lipinski definition) is 7. The lowest BCUT2D eigenvalue weighted by molar-refractivity contribution is -0.143. The van der Waals surface area contributed by atoms with E-state index in [1.54, 1.807) is 0 Å². The second-order valence-corrected chi connectivity index (χ2v) is 7.11. The van der Waals surface area contributed by atoms with Gasteiger partial charge in [-0.15, -0.1) is 0 Å². The molecule has 12 nitrogen and oxygen atoms in total. The number of hydrogen-bond acceptors (Lipinski definition) is 7. The van der Waals surface area contributed by atoms with Crippen LogP contribution in [0.5, 0.6) is 0 Å². The largest absolute Gasteiger partial charge is 0.480 e. The lowest BCUT2D eigenvalue weighted by Gasteiger charge is -2.22. The molecule has 4 amide bonds. The zero-order valence-corrected chi connectivity index (χ0v) is 16.8. The minimum Gasteiger partial charge on any atom is -0.480 e. The SMILES string of the molecule is CC(C)CC(N)C(=O)NC(C)C(=O)NC(CO)C(=O)NC(CCC(N)=O)C(=O)O. The molecule has 0 rings (SSSR count). The average Bonchev–Trinajstić information content (AvgIpc) is 2.61. The van der Waals surface area contributed by atoms with Gasteiger partial charge in [0.05, 0.1) is 12.6 Å². The third kappa shape index (κ3) is 10.4. The Morgan fingerprint density at radius 2 is 1.45 bits per heavy atom. The number of carbonyl (C=O) groups is 5. The smallest absolute Gasteiger partial charge is 0.326 e. The van der Waals surface area contributed by atoms with Gasteiger partial charge in [-0.2, -0.15) is 0 Å². The number of amides is 4. The zero-order valence-electron chi connectivity index (χ0n) is 16.8. The first-order valence-corrected chi connectivity index (χ1v) is 9.17. The molecule has 0 saturated heterocycles. The van der Waals surface area contributed by atoms with Crippen molar-refractivity contribution in [3.8, 4) is 0 Å². The maximum absolute atomic E-state index is 12.2. The molecule has 29 heavy (non-hydrogen) atoms. The second-order valence-electron chi connectivity index (χ2n) is 7.11. The number of carboxylic acid groups (broad SMARTS) is 1. The second kappa shape index (κ2) is 12.7. The summed E-state index contributed by atoms with van der Waals surface area (Å²) in [5, 5.41) is 25.2. The van der Waals surface area contributed by atoms with Crippen LogP contribution in [-0.4, -0.2) is 70.6 Å². The normalized spacial score (nSPS) is 15.0. The Bertz CT molecular complexity index is 611. The van der Waals surface area contributed by atoms with Gasteiger partial charge in [0.25, 0.3) is 0 Å². The average molecular weight is 417 g/mol. The van der Waals surface area contributed by atoms with E-state index in [9.17, 15) is 29.1 Å². The number of rotatable bonds is 13. The molecule has 0 radical (unpaired) electrons. The molecule has 0 aliphatic heterocycles. The van der Waals surface area contributed by atoms with E-state index < -0.39 is 60.4 Å². The molecule has 4 unspecified atom stereocenters. The van der Waals surface area contributed by atoms with Gasteiger partial charge in [-0.05, 0) is 25.7 Å². The molecule has 0 heterocycles. The van der Waals surface area contributed by atoms with Crippen molar-refractivity contribution in [2.24, 2.45) is 17.4 Å². The number of carboxylic acids is 1. The van der Waals surface area contributed by atoms with Crippen LogP contribution in [0.15, 0.2) is 0 Å². The van der Waals surface area contributed by atoms with E-state index >= 15 is 0 Å². The maximum atomic E-state index is 12.2. The van der Waals surface area contributed by atoms with Crippen LogP contribution in [-0.2, 0) is 24.0 Å². The van der Waals surface area contributed by atoms with Crippen LogP contribution in [0, 0.1) is 5.92 Å². The molecule has 0 saturated carbocycles. The highest BCUT2D eigenvalue weighted by molar-refractivity contribution is 5.94. The van der Waals surface area contributed by atoms with Crippen LogP contribution in [0.3, 0.4) is 0 Å². The fraction of sp³-hybridized carbons (Fsp3) is 0.706. The predicted octanol–water partition coefficient (Wildman–Crippen LogP) is -2.82. The van der Waals surface area contributed by atoms with E-state index in [1.807, 2.05) is 13.8 Å². The monoisotopic (exact) mass is 417 g/mol. The highest BCUT2D eigenvalue weighted by Crippen LogP contribution is 2.03. The van der Waals surface area contributed by atoms with Gasteiger partial charge in [0.1, 0.15) is 18.1 Å². The highest BCUT2D eigenvalue weighted by Gasteiger charge is 2.28. The van der Waals surface area contributed by atoms with Crippen molar-refractivity contribution in [3.05, 3.63) is 0 Å². The lowest BCUT2D eigenvalue weighted by atomic mass is 10.0. The molecule has 0 bridgehead atoms. The number of nitrogens with one attached hydrogen (secondary N) is 3. The molecule has 0 aliphatic rings. The molecular formula is C17H31N5O7. The molecule has 0 aromatic heterocycles. The molecule has 0 aromatic rings. The van der Waals surface area contributed by atoms with Crippen molar-refractivity contribution < 1.29 is 34.2 Å². The molecular weight excluding hydrogens is 386 g/mol.